The minimum atomic E-state index is 0.0906. The lowest BCUT2D eigenvalue weighted by molar-refractivity contribution is 0.382. The summed E-state index contributed by atoms with van der Waals surface area (Å²) in [5, 5.41) is 0. The molecule has 62 valence electrons. The van der Waals surface area contributed by atoms with Crippen LogP contribution in [0.2, 0.25) is 0 Å². The van der Waals surface area contributed by atoms with E-state index in [1.54, 1.807) is 7.11 Å². The van der Waals surface area contributed by atoms with E-state index >= 15 is 0 Å². The summed E-state index contributed by atoms with van der Waals surface area (Å²) in [4.78, 5) is 7.15. The molecule has 11 heavy (non-hydrogen) atoms. The van der Waals surface area contributed by atoms with E-state index in [9.17, 15) is 0 Å². The van der Waals surface area contributed by atoms with Crippen molar-refractivity contribution in [1.82, 2.24) is 9.97 Å². The van der Waals surface area contributed by atoms with Gasteiger partial charge in [0.05, 0.1) is 12.8 Å². The van der Waals surface area contributed by atoms with Gasteiger partial charge in [0.15, 0.2) is 0 Å². The fourth-order valence-electron chi connectivity index (χ4n) is 0.793. The van der Waals surface area contributed by atoms with Crippen LogP contribution in [-0.2, 0) is 5.41 Å². The molecule has 0 amide bonds. The Morgan fingerprint density at radius 1 is 1.45 bits per heavy atom. The van der Waals surface area contributed by atoms with Gasteiger partial charge in [0, 0.05) is 11.6 Å². The summed E-state index contributed by atoms with van der Waals surface area (Å²) >= 11 is 0. The smallest absolute Gasteiger partial charge is 0.293 e. The molecule has 3 heteroatoms. The van der Waals surface area contributed by atoms with Crippen LogP contribution in [0.4, 0.5) is 0 Å². The number of aromatic nitrogens is 2. The van der Waals surface area contributed by atoms with Crippen LogP contribution in [-0.4, -0.2) is 17.1 Å². The maximum Gasteiger partial charge on any atom is 0.293 e. The van der Waals surface area contributed by atoms with Crippen molar-refractivity contribution in [3.63, 3.8) is 0 Å². The van der Waals surface area contributed by atoms with Gasteiger partial charge in [-0.3, -0.25) is 0 Å². The van der Waals surface area contributed by atoms with E-state index in [0.29, 0.717) is 6.01 Å². The Balaban J connectivity index is 2.89. The van der Waals surface area contributed by atoms with E-state index in [1.165, 1.54) is 0 Å². The summed E-state index contributed by atoms with van der Waals surface area (Å²) < 4.78 is 4.92. The number of H-pyrrole nitrogens is 1. The molecular formula is C8H14N2O. The molecular weight excluding hydrogens is 140 g/mol. The Kier molecular flexibility index (Phi) is 1.89. The Morgan fingerprint density at radius 3 is 2.36 bits per heavy atom. The molecule has 0 atom stereocenters. The third-order valence-corrected chi connectivity index (χ3v) is 1.52. The van der Waals surface area contributed by atoms with Crippen molar-refractivity contribution in [2.45, 2.75) is 26.2 Å². The lowest BCUT2D eigenvalue weighted by atomic mass is 9.93. The van der Waals surface area contributed by atoms with Crippen molar-refractivity contribution in [1.29, 1.82) is 0 Å². The molecule has 0 saturated heterocycles. The third kappa shape index (κ3) is 1.73. The Morgan fingerprint density at radius 2 is 2.09 bits per heavy atom. The van der Waals surface area contributed by atoms with Crippen molar-refractivity contribution >= 4 is 0 Å². The van der Waals surface area contributed by atoms with Gasteiger partial charge in [-0.25, -0.2) is 0 Å². The number of aromatic amines is 1. The fourth-order valence-corrected chi connectivity index (χ4v) is 0.793. The number of nitrogens with zero attached hydrogens (tertiary/aromatic N) is 1. The van der Waals surface area contributed by atoms with Gasteiger partial charge in [0.1, 0.15) is 0 Å². The maximum atomic E-state index is 4.92. The van der Waals surface area contributed by atoms with Crippen LogP contribution in [0.15, 0.2) is 6.20 Å². The predicted molar refractivity (Wildman–Crippen MR) is 43.8 cm³/mol. The summed E-state index contributed by atoms with van der Waals surface area (Å²) in [5.74, 6) is 0. The zero-order valence-electron chi connectivity index (χ0n) is 7.43. The number of hydrogen-bond donors (Lipinski definition) is 1. The molecule has 0 unspecified atom stereocenters. The van der Waals surface area contributed by atoms with Crippen molar-refractivity contribution in [3.8, 4) is 6.01 Å². The average Bonchev–Trinajstić information content (AvgIpc) is 2.32. The van der Waals surface area contributed by atoms with Crippen molar-refractivity contribution in [3.05, 3.63) is 11.9 Å². The van der Waals surface area contributed by atoms with Crippen LogP contribution in [0.3, 0.4) is 0 Å². The van der Waals surface area contributed by atoms with Crippen LogP contribution >= 0.6 is 0 Å². The standard InChI is InChI=1S/C8H14N2O/c1-8(2,3)6-5-9-7(10-6)11-4/h5H,1-4H3,(H,9,10). The van der Waals surface area contributed by atoms with Crippen LogP contribution in [0.25, 0.3) is 0 Å². The number of imidazole rings is 1. The second-order valence-corrected chi connectivity index (χ2v) is 3.54. The van der Waals surface area contributed by atoms with Crippen molar-refractivity contribution in [2.24, 2.45) is 0 Å². The van der Waals surface area contributed by atoms with Crippen molar-refractivity contribution in [2.75, 3.05) is 7.11 Å². The molecule has 0 spiro atoms. The van der Waals surface area contributed by atoms with Crippen LogP contribution in [0.5, 0.6) is 6.01 Å². The van der Waals surface area contributed by atoms with Gasteiger partial charge in [-0.1, -0.05) is 20.8 Å². The molecule has 0 fully saturated rings. The number of hydrogen-bond acceptors (Lipinski definition) is 2. The molecule has 0 radical (unpaired) electrons. The Labute approximate surface area is 66.8 Å². The molecule has 1 aromatic heterocycles. The molecule has 0 aliphatic rings. The molecule has 1 heterocycles. The van der Waals surface area contributed by atoms with Crippen LogP contribution in [0.1, 0.15) is 26.5 Å². The minimum Gasteiger partial charge on any atom is -0.468 e. The first-order valence-corrected chi connectivity index (χ1v) is 3.64. The second kappa shape index (κ2) is 2.57. The van der Waals surface area contributed by atoms with E-state index in [-0.39, 0.29) is 5.41 Å². The fraction of sp³-hybridized carbons (Fsp3) is 0.625. The molecule has 0 bridgehead atoms. The van der Waals surface area contributed by atoms with E-state index < -0.39 is 0 Å². The number of nitrogens with one attached hydrogen (secondary N) is 1. The number of rotatable bonds is 1. The summed E-state index contributed by atoms with van der Waals surface area (Å²) in [6.45, 7) is 6.34. The first-order valence-electron chi connectivity index (χ1n) is 3.64. The normalized spacial score (nSPS) is 11.6. The highest BCUT2D eigenvalue weighted by atomic mass is 16.5. The molecule has 0 aliphatic heterocycles. The largest absolute Gasteiger partial charge is 0.468 e. The highest BCUT2D eigenvalue weighted by Gasteiger charge is 2.16. The summed E-state index contributed by atoms with van der Waals surface area (Å²) in [5.41, 5.74) is 1.11. The van der Waals surface area contributed by atoms with E-state index in [1.807, 2.05) is 6.20 Å². The SMILES string of the molecule is COc1nc(C(C)(C)C)c[nH]1. The molecule has 0 aromatic carbocycles. The topological polar surface area (TPSA) is 37.9 Å². The lowest BCUT2D eigenvalue weighted by Gasteiger charge is -2.13. The summed E-state index contributed by atoms with van der Waals surface area (Å²) in [6, 6.07) is 0.579. The zero-order valence-corrected chi connectivity index (χ0v) is 7.43. The molecule has 3 nitrogen and oxygen atoms in total. The van der Waals surface area contributed by atoms with Crippen molar-refractivity contribution < 1.29 is 4.74 Å². The minimum absolute atomic E-state index is 0.0906. The van der Waals surface area contributed by atoms with Gasteiger partial charge in [-0.2, -0.15) is 4.98 Å². The summed E-state index contributed by atoms with van der Waals surface area (Å²) in [7, 11) is 1.60. The van der Waals surface area contributed by atoms with E-state index in [2.05, 4.69) is 30.7 Å². The first-order chi connectivity index (χ1) is 5.04. The number of methoxy groups -OCH3 is 1. The zero-order chi connectivity index (χ0) is 8.48. The predicted octanol–water partition coefficient (Wildman–Crippen LogP) is 1.72. The van der Waals surface area contributed by atoms with Gasteiger partial charge < -0.3 is 9.72 Å². The maximum absolute atomic E-state index is 4.92. The van der Waals surface area contributed by atoms with Gasteiger partial charge >= 0.3 is 0 Å². The lowest BCUT2D eigenvalue weighted by Crippen LogP contribution is -2.11. The highest BCUT2D eigenvalue weighted by Crippen LogP contribution is 2.21. The Bertz CT molecular complexity index is 234. The van der Waals surface area contributed by atoms with Gasteiger partial charge in [-0.05, 0) is 0 Å². The first kappa shape index (κ1) is 8.11. The molecule has 0 saturated carbocycles. The average molecular weight is 154 g/mol. The van der Waals surface area contributed by atoms with E-state index in [4.69, 9.17) is 4.74 Å². The van der Waals surface area contributed by atoms with Gasteiger partial charge in [0.25, 0.3) is 6.01 Å². The number of ether oxygens (including phenoxy) is 1. The Hall–Kier alpha value is -0.990. The van der Waals surface area contributed by atoms with E-state index in [0.717, 1.165) is 5.69 Å². The molecule has 1 aromatic rings. The molecule has 1 N–H and O–H groups in total. The molecule has 0 aliphatic carbocycles. The van der Waals surface area contributed by atoms with Crippen LogP contribution < -0.4 is 4.74 Å². The molecule has 1 rings (SSSR count). The third-order valence-electron chi connectivity index (χ3n) is 1.52. The highest BCUT2D eigenvalue weighted by molar-refractivity contribution is 5.13. The van der Waals surface area contributed by atoms with Gasteiger partial charge in [-0.15, -0.1) is 0 Å². The van der Waals surface area contributed by atoms with Gasteiger partial charge in [0.2, 0.25) is 0 Å². The van der Waals surface area contributed by atoms with Crippen LogP contribution in [0, 0.1) is 0 Å². The quantitative estimate of drug-likeness (QED) is 0.668. The monoisotopic (exact) mass is 154 g/mol. The second-order valence-electron chi connectivity index (χ2n) is 3.54. The summed E-state index contributed by atoms with van der Waals surface area (Å²) in [6.07, 6.45) is 1.87.